The summed E-state index contributed by atoms with van der Waals surface area (Å²) in [5.41, 5.74) is 0.753. The van der Waals surface area contributed by atoms with Crippen molar-refractivity contribution >= 4 is 0 Å². The van der Waals surface area contributed by atoms with Crippen molar-refractivity contribution in [3.8, 4) is 0 Å². The van der Waals surface area contributed by atoms with Crippen LogP contribution in [0.4, 0.5) is 0 Å². The molecule has 1 aromatic heterocycles. The number of nitrogens with one attached hydrogen (secondary N) is 2. The number of aromatic nitrogens is 2. The Morgan fingerprint density at radius 1 is 1.24 bits per heavy atom. The fraction of sp³-hybridized carbons (Fsp3) is 0.786. The van der Waals surface area contributed by atoms with Crippen molar-refractivity contribution in [2.45, 2.75) is 64.0 Å². The van der Waals surface area contributed by atoms with Crippen molar-refractivity contribution in [2.75, 3.05) is 0 Å². The molecule has 1 aromatic rings. The monoisotopic (exact) mass is 233 g/mol. The maximum Gasteiger partial charge on any atom is 0.120 e. The fourth-order valence-electron chi connectivity index (χ4n) is 3.69. The van der Waals surface area contributed by atoms with E-state index in [0.717, 1.165) is 17.8 Å². The molecule has 0 unspecified atom stereocenters. The van der Waals surface area contributed by atoms with Crippen LogP contribution in [0.25, 0.3) is 0 Å². The van der Waals surface area contributed by atoms with Gasteiger partial charge in [0.1, 0.15) is 5.82 Å². The molecule has 1 spiro atoms. The summed E-state index contributed by atoms with van der Waals surface area (Å²) in [7, 11) is 0. The molecule has 2 aliphatic carbocycles. The molecule has 3 rings (SSSR count). The molecule has 0 radical (unpaired) electrons. The van der Waals surface area contributed by atoms with Crippen molar-refractivity contribution in [2.24, 2.45) is 5.41 Å². The highest BCUT2D eigenvalue weighted by Crippen LogP contribution is 2.48. The predicted octanol–water partition coefficient (Wildman–Crippen LogP) is 3.00. The van der Waals surface area contributed by atoms with Crippen LogP contribution >= 0.6 is 0 Å². The maximum absolute atomic E-state index is 4.25. The smallest absolute Gasteiger partial charge is 0.120 e. The van der Waals surface area contributed by atoms with Crippen LogP contribution in [0.15, 0.2) is 12.4 Å². The van der Waals surface area contributed by atoms with Gasteiger partial charge in [0.2, 0.25) is 0 Å². The summed E-state index contributed by atoms with van der Waals surface area (Å²) in [6.45, 7) is 0.894. The first-order chi connectivity index (χ1) is 8.36. The molecule has 3 heteroatoms. The molecule has 0 amide bonds. The molecule has 2 aliphatic rings. The van der Waals surface area contributed by atoms with Gasteiger partial charge in [-0.05, 0) is 43.9 Å². The van der Waals surface area contributed by atoms with Gasteiger partial charge in [-0.3, -0.25) is 0 Å². The molecule has 2 N–H and O–H groups in total. The molecule has 2 fully saturated rings. The Hall–Kier alpha value is -0.830. The van der Waals surface area contributed by atoms with Crippen LogP contribution in [0.5, 0.6) is 0 Å². The lowest BCUT2D eigenvalue weighted by Gasteiger charge is -2.37. The third kappa shape index (κ3) is 2.54. The summed E-state index contributed by atoms with van der Waals surface area (Å²) in [6.07, 6.45) is 15.3. The van der Waals surface area contributed by atoms with Crippen molar-refractivity contribution < 1.29 is 0 Å². The highest BCUT2D eigenvalue weighted by Gasteiger charge is 2.37. The van der Waals surface area contributed by atoms with Gasteiger partial charge in [0.25, 0.3) is 0 Å². The second-order valence-corrected chi connectivity index (χ2v) is 5.90. The van der Waals surface area contributed by atoms with Crippen molar-refractivity contribution in [1.82, 2.24) is 15.3 Å². The minimum Gasteiger partial charge on any atom is -0.348 e. The SMILES string of the molecule is c1c[nH]c(CNC2CCC3(CCCC3)CC2)n1. The number of H-pyrrole nitrogens is 1. The molecule has 0 saturated heterocycles. The van der Waals surface area contributed by atoms with Crippen molar-refractivity contribution in [1.29, 1.82) is 0 Å². The molecule has 1 heterocycles. The van der Waals surface area contributed by atoms with E-state index in [-0.39, 0.29) is 0 Å². The Morgan fingerprint density at radius 3 is 2.65 bits per heavy atom. The second-order valence-electron chi connectivity index (χ2n) is 5.90. The van der Waals surface area contributed by atoms with E-state index in [0.29, 0.717) is 6.04 Å². The van der Waals surface area contributed by atoms with Crippen LogP contribution in [0.1, 0.15) is 57.2 Å². The first-order valence-electron chi connectivity index (χ1n) is 7.08. The lowest BCUT2D eigenvalue weighted by Crippen LogP contribution is -2.36. The number of hydrogen-bond donors (Lipinski definition) is 2. The predicted molar refractivity (Wildman–Crippen MR) is 68.6 cm³/mol. The number of aromatic amines is 1. The van der Waals surface area contributed by atoms with Gasteiger partial charge in [-0.2, -0.15) is 0 Å². The van der Waals surface area contributed by atoms with E-state index in [1.807, 2.05) is 12.4 Å². The van der Waals surface area contributed by atoms with E-state index in [1.165, 1.54) is 51.4 Å². The molecule has 0 bridgehead atoms. The minimum absolute atomic E-state index is 0.714. The zero-order chi connectivity index (χ0) is 11.6. The van der Waals surface area contributed by atoms with Crippen LogP contribution in [0.2, 0.25) is 0 Å². The average molecular weight is 233 g/mol. The summed E-state index contributed by atoms with van der Waals surface area (Å²) in [5, 5.41) is 3.64. The lowest BCUT2D eigenvalue weighted by atomic mass is 9.71. The largest absolute Gasteiger partial charge is 0.348 e. The highest BCUT2D eigenvalue weighted by atomic mass is 15.0. The quantitative estimate of drug-likeness (QED) is 0.842. The van der Waals surface area contributed by atoms with E-state index in [9.17, 15) is 0 Å². The van der Waals surface area contributed by atoms with Gasteiger partial charge in [0.15, 0.2) is 0 Å². The third-order valence-electron chi connectivity index (χ3n) is 4.82. The van der Waals surface area contributed by atoms with Crippen LogP contribution in [-0.4, -0.2) is 16.0 Å². The zero-order valence-corrected chi connectivity index (χ0v) is 10.5. The van der Waals surface area contributed by atoms with Gasteiger partial charge in [0.05, 0.1) is 6.54 Å². The van der Waals surface area contributed by atoms with Gasteiger partial charge in [0, 0.05) is 18.4 Å². The Labute approximate surface area is 103 Å². The first kappa shape index (κ1) is 11.3. The van der Waals surface area contributed by atoms with Gasteiger partial charge in [-0.15, -0.1) is 0 Å². The summed E-state index contributed by atoms with van der Waals surface area (Å²) >= 11 is 0. The van der Waals surface area contributed by atoms with Gasteiger partial charge < -0.3 is 10.3 Å². The Kier molecular flexibility index (Phi) is 3.19. The van der Waals surface area contributed by atoms with E-state index in [1.54, 1.807) is 0 Å². The first-order valence-corrected chi connectivity index (χ1v) is 7.08. The fourth-order valence-corrected chi connectivity index (χ4v) is 3.69. The molecule has 0 atom stereocenters. The molecule has 2 saturated carbocycles. The molecule has 94 valence electrons. The van der Waals surface area contributed by atoms with Crippen molar-refractivity contribution in [3.05, 3.63) is 18.2 Å². The van der Waals surface area contributed by atoms with Crippen LogP contribution in [0.3, 0.4) is 0 Å². The van der Waals surface area contributed by atoms with Crippen LogP contribution < -0.4 is 5.32 Å². The summed E-state index contributed by atoms with van der Waals surface area (Å²) in [5.74, 6) is 1.06. The van der Waals surface area contributed by atoms with Gasteiger partial charge >= 0.3 is 0 Å². The topological polar surface area (TPSA) is 40.7 Å². The molecular formula is C14H23N3. The number of imidazole rings is 1. The summed E-state index contributed by atoms with van der Waals surface area (Å²) < 4.78 is 0. The normalized spacial score (nSPS) is 24.5. The summed E-state index contributed by atoms with van der Waals surface area (Å²) in [6, 6.07) is 0.714. The molecular weight excluding hydrogens is 210 g/mol. The Bertz CT molecular complexity index is 328. The standard InChI is InChI=1S/C14H23N3/c1-2-6-14(5-1)7-3-12(4-8-14)17-11-13-15-9-10-16-13/h9-10,12,17H,1-8,11H2,(H,15,16). The molecule has 0 aliphatic heterocycles. The average Bonchev–Trinajstić information content (AvgIpc) is 3.01. The minimum atomic E-state index is 0.714. The lowest BCUT2D eigenvalue weighted by molar-refractivity contribution is 0.168. The Balaban J connectivity index is 1.45. The Morgan fingerprint density at radius 2 is 2.00 bits per heavy atom. The number of nitrogens with zero attached hydrogens (tertiary/aromatic N) is 1. The number of rotatable bonds is 3. The number of hydrogen-bond acceptors (Lipinski definition) is 2. The molecule has 3 nitrogen and oxygen atoms in total. The molecule has 0 aromatic carbocycles. The van der Waals surface area contributed by atoms with Gasteiger partial charge in [-0.1, -0.05) is 12.8 Å². The van der Waals surface area contributed by atoms with Gasteiger partial charge in [-0.25, -0.2) is 4.98 Å². The van der Waals surface area contributed by atoms with E-state index in [2.05, 4.69) is 15.3 Å². The zero-order valence-electron chi connectivity index (χ0n) is 10.5. The maximum atomic E-state index is 4.25. The van der Waals surface area contributed by atoms with E-state index >= 15 is 0 Å². The summed E-state index contributed by atoms with van der Waals surface area (Å²) in [4.78, 5) is 7.41. The van der Waals surface area contributed by atoms with E-state index < -0.39 is 0 Å². The van der Waals surface area contributed by atoms with Crippen molar-refractivity contribution in [3.63, 3.8) is 0 Å². The highest BCUT2D eigenvalue weighted by molar-refractivity contribution is 4.92. The van der Waals surface area contributed by atoms with Crippen LogP contribution in [-0.2, 0) is 6.54 Å². The van der Waals surface area contributed by atoms with Crippen LogP contribution in [0, 0.1) is 5.41 Å². The van der Waals surface area contributed by atoms with E-state index in [4.69, 9.17) is 0 Å². The third-order valence-corrected chi connectivity index (χ3v) is 4.82. The molecule has 17 heavy (non-hydrogen) atoms. The second kappa shape index (κ2) is 4.81.